The third-order valence-corrected chi connectivity index (χ3v) is 7.51. The zero-order valence-corrected chi connectivity index (χ0v) is 18.8. The summed E-state index contributed by atoms with van der Waals surface area (Å²) in [6.07, 6.45) is 0. The van der Waals surface area contributed by atoms with Crippen molar-refractivity contribution >= 4 is 51.2 Å². The van der Waals surface area contributed by atoms with E-state index in [1.807, 2.05) is 29.6 Å². The summed E-state index contributed by atoms with van der Waals surface area (Å²) in [5.74, 6) is 0.287. The Morgan fingerprint density at radius 1 is 1.13 bits per heavy atom. The van der Waals surface area contributed by atoms with Crippen LogP contribution in [0.4, 0.5) is 10.8 Å². The summed E-state index contributed by atoms with van der Waals surface area (Å²) < 4.78 is 0.892. The quantitative estimate of drug-likeness (QED) is 0.363. The molecule has 2 heterocycles. The summed E-state index contributed by atoms with van der Waals surface area (Å²) in [7, 11) is 0. The number of carbonyl (C=O) groups excluding carboxylic acids is 1. The first-order chi connectivity index (χ1) is 14.5. The van der Waals surface area contributed by atoms with E-state index in [0.717, 1.165) is 31.4 Å². The van der Waals surface area contributed by atoms with E-state index >= 15 is 0 Å². The Balaban J connectivity index is 1.38. The number of primary amides is 1. The van der Waals surface area contributed by atoms with Crippen molar-refractivity contribution in [3.05, 3.63) is 70.2 Å². The molecule has 2 aromatic carbocycles. The molecule has 0 fully saturated rings. The molecule has 4 rings (SSSR count). The molecule has 6 nitrogen and oxygen atoms in total. The Labute approximate surface area is 186 Å². The van der Waals surface area contributed by atoms with Gasteiger partial charge >= 0.3 is 0 Å². The summed E-state index contributed by atoms with van der Waals surface area (Å²) in [5.41, 5.74) is 11.2. The van der Waals surface area contributed by atoms with Crippen LogP contribution in [-0.4, -0.2) is 21.1 Å². The van der Waals surface area contributed by atoms with Crippen LogP contribution in [0, 0.1) is 13.8 Å². The van der Waals surface area contributed by atoms with Crippen LogP contribution in [0.5, 0.6) is 0 Å². The first-order valence-corrected chi connectivity index (χ1v) is 11.8. The largest absolute Gasteiger partial charge is 0.366 e. The first kappa shape index (κ1) is 20.5. The van der Waals surface area contributed by atoms with Gasteiger partial charge in [-0.15, -0.1) is 21.5 Å². The normalized spacial score (nSPS) is 10.9. The van der Waals surface area contributed by atoms with Crippen molar-refractivity contribution in [2.75, 3.05) is 5.32 Å². The maximum Gasteiger partial charge on any atom is 0.248 e. The molecule has 0 aliphatic carbocycles. The maximum absolute atomic E-state index is 11.2. The van der Waals surface area contributed by atoms with E-state index in [0.29, 0.717) is 11.3 Å². The van der Waals surface area contributed by atoms with Crippen LogP contribution in [0.3, 0.4) is 0 Å². The van der Waals surface area contributed by atoms with Gasteiger partial charge in [0.15, 0.2) is 4.34 Å². The third-order valence-electron chi connectivity index (χ3n) is 4.56. The number of thiazole rings is 1. The number of carbonyl (C=O) groups is 1. The highest BCUT2D eigenvalue weighted by Crippen LogP contribution is 2.32. The van der Waals surface area contributed by atoms with Gasteiger partial charge in [0.05, 0.1) is 5.69 Å². The van der Waals surface area contributed by atoms with E-state index in [-0.39, 0.29) is 0 Å². The van der Waals surface area contributed by atoms with Crippen molar-refractivity contribution in [3.8, 4) is 10.6 Å². The molecule has 0 aliphatic rings. The minimum absolute atomic E-state index is 0.429. The number of thioether (sulfide) groups is 1. The fourth-order valence-corrected chi connectivity index (χ4v) is 5.33. The molecule has 30 heavy (non-hydrogen) atoms. The van der Waals surface area contributed by atoms with Crippen LogP contribution >= 0.6 is 34.4 Å². The van der Waals surface area contributed by atoms with Crippen LogP contribution in [0.1, 0.15) is 27.2 Å². The average Bonchev–Trinajstić information content (AvgIpc) is 3.39. The van der Waals surface area contributed by atoms with Gasteiger partial charge in [0, 0.05) is 27.9 Å². The van der Waals surface area contributed by atoms with Gasteiger partial charge in [-0.3, -0.25) is 4.79 Å². The lowest BCUT2D eigenvalue weighted by atomic mass is 10.1. The Morgan fingerprint density at radius 2 is 1.93 bits per heavy atom. The second-order valence-corrected chi connectivity index (χ2v) is 9.68. The highest BCUT2D eigenvalue weighted by Gasteiger charge is 2.10. The number of hydrogen-bond donors (Lipinski definition) is 2. The van der Waals surface area contributed by atoms with Gasteiger partial charge in [-0.25, -0.2) is 4.98 Å². The third kappa shape index (κ3) is 4.69. The van der Waals surface area contributed by atoms with Gasteiger partial charge < -0.3 is 11.1 Å². The zero-order valence-electron chi connectivity index (χ0n) is 16.4. The fourth-order valence-electron chi connectivity index (χ4n) is 2.74. The molecule has 0 unspecified atom stereocenters. The fraction of sp³-hybridized carbons (Fsp3) is 0.143. The summed E-state index contributed by atoms with van der Waals surface area (Å²) >= 11 is 4.72. The van der Waals surface area contributed by atoms with Crippen molar-refractivity contribution < 1.29 is 4.79 Å². The number of aromatic nitrogens is 3. The molecule has 0 aliphatic heterocycles. The van der Waals surface area contributed by atoms with E-state index in [9.17, 15) is 4.79 Å². The number of hydrogen-bond acceptors (Lipinski definition) is 8. The van der Waals surface area contributed by atoms with Crippen molar-refractivity contribution in [2.24, 2.45) is 5.73 Å². The highest BCUT2D eigenvalue weighted by atomic mass is 32.2. The molecular formula is C21H19N5OS3. The number of amides is 1. The molecule has 9 heteroatoms. The molecule has 0 saturated heterocycles. The van der Waals surface area contributed by atoms with Gasteiger partial charge in [-0.2, -0.15) is 0 Å². The number of nitrogens with one attached hydrogen (secondary N) is 1. The van der Waals surface area contributed by atoms with E-state index < -0.39 is 5.91 Å². The highest BCUT2D eigenvalue weighted by molar-refractivity contribution is 8.00. The SMILES string of the molecule is Cc1cccc(Nc2nnc(SCc3csc(-c4ccc(C(N)=O)cc4)n3)s2)c1C. The lowest BCUT2D eigenvalue weighted by Crippen LogP contribution is -2.10. The molecule has 0 bridgehead atoms. The minimum Gasteiger partial charge on any atom is -0.366 e. The van der Waals surface area contributed by atoms with E-state index in [4.69, 9.17) is 5.73 Å². The Bertz CT molecular complexity index is 1180. The summed E-state index contributed by atoms with van der Waals surface area (Å²) in [6.45, 7) is 4.19. The minimum atomic E-state index is -0.429. The molecule has 3 N–H and O–H groups in total. The van der Waals surface area contributed by atoms with Crippen molar-refractivity contribution in [1.29, 1.82) is 0 Å². The number of nitrogens with two attached hydrogens (primary N) is 1. The zero-order chi connectivity index (χ0) is 21.1. The van der Waals surface area contributed by atoms with Gasteiger partial charge in [0.25, 0.3) is 0 Å². The molecule has 2 aromatic heterocycles. The second kappa shape index (κ2) is 8.95. The maximum atomic E-state index is 11.2. The van der Waals surface area contributed by atoms with Crippen LogP contribution in [-0.2, 0) is 5.75 Å². The number of aryl methyl sites for hydroxylation is 1. The van der Waals surface area contributed by atoms with E-state index in [1.54, 1.807) is 35.2 Å². The van der Waals surface area contributed by atoms with Crippen molar-refractivity contribution in [3.63, 3.8) is 0 Å². The van der Waals surface area contributed by atoms with E-state index in [2.05, 4.69) is 40.4 Å². The Kier molecular flexibility index (Phi) is 6.12. The second-order valence-electron chi connectivity index (χ2n) is 6.62. The number of benzene rings is 2. The molecular weight excluding hydrogens is 434 g/mol. The predicted octanol–water partition coefficient (Wildman–Crippen LogP) is 5.41. The van der Waals surface area contributed by atoms with Crippen molar-refractivity contribution in [2.45, 2.75) is 23.9 Å². The molecule has 0 atom stereocenters. The van der Waals surface area contributed by atoms with Gasteiger partial charge in [0.1, 0.15) is 5.01 Å². The molecule has 0 saturated carbocycles. The van der Waals surface area contributed by atoms with Crippen LogP contribution in [0.15, 0.2) is 52.2 Å². The number of anilines is 2. The molecule has 0 radical (unpaired) electrons. The van der Waals surface area contributed by atoms with Crippen LogP contribution in [0.25, 0.3) is 10.6 Å². The summed E-state index contributed by atoms with van der Waals surface area (Å²) in [4.78, 5) is 15.9. The smallest absolute Gasteiger partial charge is 0.248 e. The molecule has 152 valence electrons. The standard InChI is InChI=1S/C21H19N5OS3/c1-12-4-3-5-17(13(12)2)24-20-25-26-21(30-20)29-11-16-10-28-19(23-16)15-8-6-14(7-9-15)18(22)27/h3-10H,11H2,1-2H3,(H2,22,27)(H,24,25). The van der Waals surface area contributed by atoms with Crippen LogP contribution in [0.2, 0.25) is 0 Å². The van der Waals surface area contributed by atoms with Gasteiger partial charge in [-0.1, -0.05) is 47.4 Å². The monoisotopic (exact) mass is 453 g/mol. The van der Waals surface area contributed by atoms with Gasteiger partial charge in [-0.05, 0) is 43.2 Å². The van der Waals surface area contributed by atoms with Gasteiger partial charge in [0.2, 0.25) is 11.0 Å². The lowest BCUT2D eigenvalue weighted by molar-refractivity contribution is 0.100. The number of rotatable bonds is 7. The predicted molar refractivity (Wildman–Crippen MR) is 125 cm³/mol. The summed E-state index contributed by atoms with van der Waals surface area (Å²) in [5, 5.41) is 15.6. The Hall–Kier alpha value is -2.75. The van der Waals surface area contributed by atoms with E-state index in [1.165, 1.54) is 22.5 Å². The first-order valence-electron chi connectivity index (χ1n) is 9.14. The Morgan fingerprint density at radius 3 is 2.70 bits per heavy atom. The molecule has 4 aromatic rings. The average molecular weight is 454 g/mol. The molecule has 0 spiro atoms. The lowest BCUT2D eigenvalue weighted by Gasteiger charge is -2.08. The topological polar surface area (TPSA) is 93.8 Å². The van der Waals surface area contributed by atoms with Crippen molar-refractivity contribution in [1.82, 2.24) is 15.2 Å². The number of nitrogens with zero attached hydrogens (tertiary/aromatic N) is 3. The summed E-state index contributed by atoms with van der Waals surface area (Å²) in [6, 6.07) is 13.3. The molecule has 1 amide bonds. The van der Waals surface area contributed by atoms with Crippen LogP contribution < -0.4 is 11.1 Å².